The van der Waals surface area contributed by atoms with Gasteiger partial charge in [0.15, 0.2) is 0 Å². The zero-order valence-corrected chi connectivity index (χ0v) is 13.2. The summed E-state index contributed by atoms with van der Waals surface area (Å²) in [7, 11) is 0. The van der Waals surface area contributed by atoms with Gasteiger partial charge in [0.25, 0.3) is 0 Å². The van der Waals surface area contributed by atoms with Crippen LogP contribution in [0.2, 0.25) is 0 Å². The molecule has 18 heavy (non-hydrogen) atoms. The first-order valence-corrected chi connectivity index (χ1v) is 7.29. The normalized spacial score (nSPS) is 14.2. The molecule has 0 nitrogen and oxygen atoms in total. The molecule has 0 heteroatoms. The van der Waals surface area contributed by atoms with Gasteiger partial charge in [-0.2, -0.15) is 0 Å². The van der Waals surface area contributed by atoms with Crippen molar-refractivity contribution in [3.63, 3.8) is 0 Å². The number of allylic oxidation sites excluding steroid dienone is 6. The number of hydrogen-bond acceptors (Lipinski definition) is 0. The van der Waals surface area contributed by atoms with Gasteiger partial charge in [0, 0.05) is 5.92 Å². The van der Waals surface area contributed by atoms with Crippen LogP contribution in [0.3, 0.4) is 0 Å². The third kappa shape index (κ3) is 9.27. The van der Waals surface area contributed by atoms with Crippen LogP contribution in [0.5, 0.6) is 0 Å². The lowest BCUT2D eigenvalue weighted by Gasteiger charge is -2.12. The van der Waals surface area contributed by atoms with Crippen LogP contribution in [-0.2, 0) is 0 Å². The number of hydrogen-bond donors (Lipinski definition) is 0. The van der Waals surface area contributed by atoms with E-state index in [-0.39, 0.29) is 0 Å². The van der Waals surface area contributed by atoms with Gasteiger partial charge in [0.05, 0.1) is 0 Å². The van der Waals surface area contributed by atoms with Crippen LogP contribution in [-0.4, -0.2) is 0 Å². The summed E-state index contributed by atoms with van der Waals surface area (Å²) in [6, 6.07) is 0. The van der Waals surface area contributed by atoms with Crippen LogP contribution in [0.25, 0.3) is 0 Å². The quantitative estimate of drug-likeness (QED) is 0.444. The summed E-state index contributed by atoms with van der Waals surface area (Å²) < 4.78 is 0. The van der Waals surface area contributed by atoms with Gasteiger partial charge in [-0.25, -0.2) is 0 Å². The van der Waals surface area contributed by atoms with E-state index in [9.17, 15) is 0 Å². The van der Waals surface area contributed by atoms with E-state index in [1.807, 2.05) is 0 Å². The lowest BCUT2D eigenvalue weighted by atomic mass is 9.93. The van der Waals surface area contributed by atoms with Gasteiger partial charge >= 0.3 is 0 Å². The molecule has 0 N–H and O–H groups in total. The molecule has 103 valence electrons. The molecule has 0 fully saturated rings. The standard InChI is InChI=1S/C18H31/c1-7-16(5)12-13-18(14-17(6)8-2)11-9-10-15(3)4/h7,9-10,14-15H,8,11-13H2,1-6H3. The van der Waals surface area contributed by atoms with Crippen LogP contribution in [0.15, 0.2) is 35.5 Å². The van der Waals surface area contributed by atoms with Crippen molar-refractivity contribution < 1.29 is 0 Å². The van der Waals surface area contributed by atoms with Gasteiger partial charge in [-0.15, -0.1) is 0 Å². The molecule has 0 amide bonds. The molecule has 0 aromatic rings. The van der Waals surface area contributed by atoms with Gasteiger partial charge in [0.1, 0.15) is 0 Å². The minimum atomic E-state index is 0.653. The Labute approximate surface area is 115 Å². The summed E-state index contributed by atoms with van der Waals surface area (Å²) >= 11 is 0. The minimum absolute atomic E-state index is 0.653. The molecule has 1 radical (unpaired) electrons. The molecule has 0 spiro atoms. The summed E-state index contributed by atoms with van der Waals surface area (Å²) in [5.74, 6) is 2.22. The summed E-state index contributed by atoms with van der Waals surface area (Å²) in [6.07, 6.45) is 13.9. The Kier molecular flexibility index (Phi) is 9.73. The Bertz CT molecular complexity index is 289. The molecular formula is C18H31. The molecule has 0 aliphatic carbocycles. The third-order valence-electron chi connectivity index (χ3n) is 3.24. The molecule has 0 saturated heterocycles. The lowest BCUT2D eigenvalue weighted by molar-refractivity contribution is 0.796. The Morgan fingerprint density at radius 2 is 1.72 bits per heavy atom. The fourth-order valence-electron chi connectivity index (χ4n) is 1.68. The first kappa shape index (κ1) is 17.2. The average Bonchev–Trinajstić information content (AvgIpc) is 2.34. The Balaban J connectivity index is 4.43. The van der Waals surface area contributed by atoms with Crippen molar-refractivity contribution in [2.75, 3.05) is 0 Å². The van der Waals surface area contributed by atoms with Crippen LogP contribution >= 0.6 is 0 Å². The van der Waals surface area contributed by atoms with Crippen LogP contribution in [0.4, 0.5) is 0 Å². The molecule has 0 aliphatic heterocycles. The third-order valence-corrected chi connectivity index (χ3v) is 3.24. The molecule has 0 atom stereocenters. The van der Waals surface area contributed by atoms with E-state index >= 15 is 0 Å². The van der Waals surface area contributed by atoms with Gasteiger partial charge in [-0.1, -0.05) is 56.2 Å². The van der Waals surface area contributed by atoms with Crippen molar-refractivity contribution in [3.05, 3.63) is 41.4 Å². The average molecular weight is 247 g/mol. The molecule has 0 aromatic carbocycles. The molecule has 0 aromatic heterocycles. The van der Waals surface area contributed by atoms with E-state index in [4.69, 9.17) is 0 Å². The van der Waals surface area contributed by atoms with Crippen molar-refractivity contribution in [2.24, 2.45) is 5.92 Å². The van der Waals surface area contributed by atoms with Crippen molar-refractivity contribution in [1.29, 1.82) is 0 Å². The largest absolute Gasteiger partial charge is 0.0887 e. The second-order valence-corrected chi connectivity index (χ2v) is 5.51. The van der Waals surface area contributed by atoms with Crippen LogP contribution in [0.1, 0.15) is 67.2 Å². The number of rotatable bonds is 8. The van der Waals surface area contributed by atoms with Crippen LogP contribution in [0, 0.1) is 11.8 Å². The topological polar surface area (TPSA) is 0 Å². The lowest BCUT2D eigenvalue weighted by Crippen LogP contribution is -1.95. The van der Waals surface area contributed by atoms with Gasteiger partial charge in [0.2, 0.25) is 0 Å². The highest BCUT2D eigenvalue weighted by molar-refractivity contribution is 5.19. The predicted molar refractivity (Wildman–Crippen MR) is 84.6 cm³/mol. The Hall–Kier alpha value is -0.780. The van der Waals surface area contributed by atoms with E-state index in [1.165, 1.54) is 24.0 Å². The summed E-state index contributed by atoms with van der Waals surface area (Å²) in [4.78, 5) is 0. The minimum Gasteiger partial charge on any atom is -0.0887 e. The summed E-state index contributed by atoms with van der Waals surface area (Å²) in [5, 5.41) is 0. The van der Waals surface area contributed by atoms with E-state index in [1.54, 1.807) is 5.92 Å². The first-order chi connectivity index (χ1) is 8.49. The maximum Gasteiger partial charge on any atom is 0.00159 e. The monoisotopic (exact) mass is 247 g/mol. The smallest absolute Gasteiger partial charge is 0.00159 e. The fourth-order valence-corrected chi connectivity index (χ4v) is 1.68. The Morgan fingerprint density at radius 1 is 1.06 bits per heavy atom. The maximum absolute atomic E-state index is 2.40. The predicted octanol–water partition coefficient (Wildman–Crippen LogP) is 6.27. The van der Waals surface area contributed by atoms with E-state index in [0.29, 0.717) is 5.92 Å². The zero-order chi connectivity index (χ0) is 14.0. The van der Waals surface area contributed by atoms with Crippen molar-refractivity contribution in [2.45, 2.75) is 67.2 Å². The molecule has 0 aliphatic rings. The molecule has 0 heterocycles. The highest BCUT2D eigenvalue weighted by Crippen LogP contribution is 2.22. The summed E-state index contributed by atoms with van der Waals surface area (Å²) in [5.41, 5.74) is 2.98. The first-order valence-electron chi connectivity index (χ1n) is 7.29. The molecular weight excluding hydrogens is 216 g/mol. The van der Waals surface area contributed by atoms with Crippen LogP contribution < -0.4 is 0 Å². The van der Waals surface area contributed by atoms with E-state index in [0.717, 1.165) is 12.8 Å². The van der Waals surface area contributed by atoms with Crippen molar-refractivity contribution in [3.8, 4) is 0 Å². The molecule has 0 unspecified atom stereocenters. The molecule has 0 saturated carbocycles. The molecule has 0 bridgehead atoms. The van der Waals surface area contributed by atoms with E-state index in [2.05, 4.69) is 65.8 Å². The highest BCUT2D eigenvalue weighted by atomic mass is 14.1. The zero-order valence-electron chi connectivity index (χ0n) is 13.2. The van der Waals surface area contributed by atoms with Crippen molar-refractivity contribution >= 4 is 0 Å². The van der Waals surface area contributed by atoms with E-state index < -0.39 is 0 Å². The second kappa shape index (κ2) is 10.2. The second-order valence-electron chi connectivity index (χ2n) is 5.51. The highest BCUT2D eigenvalue weighted by Gasteiger charge is 2.05. The van der Waals surface area contributed by atoms with Gasteiger partial charge < -0.3 is 0 Å². The maximum atomic E-state index is 2.40. The SMILES string of the molecule is CC=C(C)CC[C](C=C(C)CC)CC=CC(C)C. The summed E-state index contributed by atoms with van der Waals surface area (Å²) in [6.45, 7) is 13.3. The molecule has 0 rings (SSSR count). The van der Waals surface area contributed by atoms with Gasteiger partial charge in [-0.3, -0.25) is 0 Å². The Morgan fingerprint density at radius 3 is 2.22 bits per heavy atom. The van der Waals surface area contributed by atoms with Gasteiger partial charge in [-0.05, 0) is 52.4 Å². The fraction of sp³-hybridized carbons (Fsp3) is 0.611. The van der Waals surface area contributed by atoms with Crippen molar-refractivity contribution in [1.82, 2.24) is 0 Å².